The molecule has 0 fully saturated rings. The topological polar surface area (TPSA) is 104 Å². The van der Waals surface area contributed by atoms with Crippen molar-refractivity contribution in [2.75, 3.05) is 18.9 Å². The van der Waals surface area contributed by atoms with E-state index in [1.165, 1.54) is 25.4 Å². The Morgan fingerprint density at radius 1 is 1.32 bits per heavy atom. The summed E-state index contributed by atoms with van der Waals surface area (Å²) in [6.07, 6.45) is 1.25. The lowest BCUT2D eigenvalue weighted by Gasteiger charge is -2.21. The molecule has 1 unspecified atom stereocenters. The van der Waals surface area contributed by atoms with Gasteiger partial charge in [0.05, 0.1) is 6.54 Å². The van der Waals surface area contributed by atoms with Gasteiger partial charge in [0.25, 0.3) is 0 Å². The summed E-state index contributed by atoms with van der Waals surface area (Å²) in [5.41, 5.74) is -1.20. The van der Waals surface area contributed by atoms with E-state index >= 15 is 0 Å². The van der Waals surface area contributed by atoms with Gasteiger partial charge in [0.15, 0.2) is 0 Å². The van der Waals surface area contributed by atoms with Crippen molar-refractivity contribution in [2.24, 2.45) is 0 Å². The first-order chi connectivity index (χ1) is 10.2. The summed E-state index contributed by atoms with van der Waals surface area (Å²) < 4.78 is 30.8. The summed E-state index contributed by atoms with van der Waals surface area (Å²) in [6, 6.07) is 6.47. The third-order valence-electron chi connectivity index (χ3n) is 3.20. The fourth-order valence-electron chi connectivity index (χ4n) is 1.84. The number of pyridine rings is 1. The molecule has 2 heterocycles. The highest BCUT2D eigenvalue weighted by Crippen LogP contribution is 2.23. The van der Waals surface area contributed by atoms with Crippen LogP contribution in [0.1, 0.15) is 18.4 Å². The van der Waals surface area contributed by atoms with Gasteiger partial charge in [-0.3, -0.25) is 0 Å². The van der Waals surface area contributed by atoms with Crippen LogP contribution in [-0.2, 0) is 15.6 Å². The van der Waals surface area contributed by atoms with Crippen molar-refractivity contribution in [2.45, 2.75) is 24.3 Å². The Kier molecular flexibility index (Phi) is 4.55. The van der Waals surface area contributed by atoms with Crippen molar-refractivity contribution in [1.82, 2.24) is 9.71 Å². The number of hydrogen-bond acceptors (Lipinski definition) is 6. The molecule has 2 rings (SSSR count). The van der Waals surface area contributed by atoms with Gasteiger partial charge in [-0.1, -0.05) is 0 Å². The number of anilines is 1. The summed E-state index contributed by atoms with van der Waals surface area (Å²) in [4.78, 5) is 4.10. The van der Waals surface area contributed by atoms with Crippen LogP contribution < -0.4 is 10.0 Å². The number of rotatable bonds is 6. The van der Waals surface area contributed by atoms with Crippen molar-refractivity contribution >= 4 is 15.8 Å². The number of aromatic nitrogens is 1. The van der Waals surface area contributed by atoms with Gasteiger partial charge in [0, 0.05) is 6.20 Å². The second kappa shape index (κ2) is 6.07. The normalized spacial score (nSPS) is 14.5. The third kappa shape index (κ3) is 3.65. The molecular weight excluding hydrogens is 306 g/mol. The molecule has 0 aliphatic rings. The molecule has 8 heteroatoms. The molecule has 0 aromatic carbocycles. The molecule has 3 N–H and O–H groups in total. The second-order valence-corrected chi connectivity index (χ2v) is 7.01. The molecular formula is C14H19N3O4S. The zero-order chi connectivity index (χ0) is 16.4. The number of aryl methyl sites for hydroxylation is 1. The Morgan fingerprint density at radius 2 is 2.05 bits per heavy atom. The van der Waals surface area contributed by atoms with Gasteiger partial charge in [-0.15, -0.1) is 0 Å². The molecule has 7 nitrogen and oxygen atoms in total. The van der Waals surface area contributed by atoms with E-state index < -0.39 is 15.6 Å². The largest absolute Gasteiger partial charge is 0.463 e. The quantitative estimate of drug-likeness (QED) is 0.737. The Morgan fingerprint density at radius 3 is 2.55 bits per heavy atom. The maximum Gasteiger partial charge on any atom is 0.241 e. The zero-order valence-corrected chi connectivity index (χ0v) is 13.4. The van der Waals surface area contributed by atoms with Crippen LogP contribution in [-0.4, -0.2) is 32.1 Å². The molecule has 1 atom stereocenters. The average Bonchev–Trinajstić information content (AvgIpc) is 2.93. The predicted octanol–water partition coefficient (Wildman–Crippen LogP) is 1.21. The summed E-state index contributed by atoms with van der Waals surface area (Å²) in [7, 11) is -2.17. The third-order valence-corrected chi connectivity index (χ3v) is 4.60. The maximum absolute atomic E-state index is 11.6. The van der Waals surface area contributed by atoms with E-state index in [0.717, 1.165) is 5.76 Å². The van der Waals surface area contributed by atoms with Crippen LogP contribution in [0.25, 0.3) is 0 Å². The average molecular weight is 325 g/mol. The Hall–Kier alpha value is -1.90. The number of hydrogen-bond donors (Lipinski definition) is 3. The van der Waals surface area contributed by atoms with E-state index in [1.807, 2.05) is 0 Å². The maximum atomic E-state index is 11.6. The van der Waals surface area contributed by atoms with Gasteiger partial charge in [-0.25, -0.2) is 18.1 Å². The summed E-state index contributed by atoms with van der Waals surface area (Å²) in [5, 5.41) is 13.3. The van der Waals surface area contributed by atoms with Crippen molar-refractivity contribution in [3.05, 3.63) is 42.0 Å². The lowest BCUT2D eigenvalue weighted by atomic mass is 10.0. The first-order valence-corrected chi connectivity index (χ1v) is 8.16. The minimum Gasteiger partial charge on any atom is -0.463 e. The molecule has 2 aromatic rings. The fourth-order valence-corrected chi connectivity index (χ4v) is 2.51. The first kappa shape index (κ1) is 16.5. The Balaban J connectivity index is 2.06. The van der Waals surface area contributed by atoms with E-state index in [0.29, 0.717) is 11.6 Å². The van der Waals surface area contributed by atoms with Gasteiger partial charge in [-0.05, 0) is 45.2 Å². The summed E-state index contributed by atoms with van der Waals surface area (Å²) >= 11 is 0. The number of nitrogens with one attached hydrogen (secondary N) is 2. The molecule has 0 radical (unpaired) electrons. The Bertz CT molecular complexity index is 736. The number of furan rings is 1. The van der Waals surface area contributed by atoms with Crippen LogP contribution >= 0.6 is 0 Å². The van der Waals surface area contributed by atoms with Crippen molar-refractivity contribution < 1.29 is 17.9 Å². The van der Waals surface area contributed by atoms with E-state index in [2.05, 4.69) is 15.0 Å². The van der Waals surface area contributed by atoms with Crippen LogP contribution in [0.5, 0.6) is 0 Å². The molecule has 0 aliphatic carbocycles. The zero-order valence-electron chi connectivity index (χ0n) is 12.6. The van der Waals surface area contributed by atoms with E-state index in [4.69, 9.17) is 4.42 Å². The van der Waals surface area contributed by atoms with Gasteiger partial charge < -0.3 is 14.8 Å². The van der Waals surface area contributed by atoms with Crippen LogP contribution in [0.3, 0.4) is 0 Å². The molecule has 22 heavy (non-hydrogen) atoms. The predicted molar refractivity (Wildman–Crippen MR) is 82.0 cm³/mol. The van der Waals surface area contributed by atoms with Crippen molar-refractivity contribution in [3.63, 3.8) is 0 Å². The highest BCUT2D eigenvalue weighted by Gasteiger charge is 2.26. The molecule has 120 valence electrons. The molecule has 0 saturated heterocycles. The van der Waals surface area contributed by atoms with Gasteiger partial charge >= 0.3 is 0 Å². The van der Waals surface area contributed by atoms with E-state index in [9.17, 15) is 13.5 Å². The molecule has 2 aromatic heterocycles. The highest BCUT2D eigenvalue weighted by atomic mass is 32.2. The fraction of sp³-hybridized carbons (Fsp3) is 0.357. The van der Waals surface area contributed by atoms with Crippen LogP contribution in [0, 0.1) is 6.92 Å². The SMILES string of the molecule is CNS(=O)(=O)c1ccc(NCC(C)(O)c2ccc(C)o2)nc1. The number of sulfonamides is 1. The molecule has 0 spiro atoms. The smallest absolute Gasteiger partial charge is 0.241 e. The Labute approximate surface area is 129 Å². The van der Waals surface area contributed by atoms with E-state index in [1.54, 1.807) is 26.0 Å². The number of nitrogens with zero attached hydrogens (tertiary/aromatic N) is 1. The van der Waals surface area contributed by atoms with Crippen molar-refractivity contribution in [3.8, 4) is 0 Å². The van der Waals surface area contributed by atoms with Crippen LogP contribution in [0.15, 0.2) is 39.8 Å². The summed E-state index contributed by atoms with van der Waals surface area (Å²) in [5.74, 6) is 1.63. The standard InChI is InChI=1S/C14H19N3O4S/c1-10-4-6-12(21-10)14(2,18)9-17-13-7-5-11(8-16-13)22(19,20)15-3/h4-8,15,18H,9H2,1-3H3,(H,16,17). The molecule has 0 bridgehead atoms. The minimum atomic E-state index is -3.50. The van der Waals surface area contributed by atoms with Gasteiger partial charge in [-0.2, -0.15) is 0 Å². The molecule has 0 aliphatic heterocycles. The van der Waals surface area contributed by atoms with Gasteiger partial charge in [0.1, 0.15) is 27.8 Å². The van der Waals surface area contributed by atoms with E-state index in [-0.39, 0.29) is 11.4 Å². The highest BCUT2D eigenvalue weighted by molar-refractivity contribution is 7.89. The number of aliphatic hydroxyl groups is 1. The monoisotopic (exact) mass is 325 g/mol. The lowest BCUT2D eigenvalue weighted by Crippen LogP contribution is -2.30. The minimum absolute atomic E-state index is 0.0777. The molecule has 0 saturated carbocycles. The summed E-state index contributed by atoms with van der Waals surface area (Å²) in [6.45, 7) is 3.60. The lowest BCUT2D eigenvalue weighted by molar-refractivity contribution is 0.0467. The molecule has 0 amide bonds. The second-order valence-electron chi connectivity index (χ2n) is 5.12. The van der Waals surface area contributed by atoms with Gasteiger partial charge in [0.2, 0.25) is 10.0 Å². The first-order valence-electron chi connectivity index (χ1n) is 6.67. The van der Waals surface area contributed by atoms with Crippen molar-refractivity contribution in [1.29, 1.82) is 0 Å². The van der Waals surface area contributed by atoms with Crippen LogP contribution in [0.2, 0.25) is 0 Å². The van der Waals surface area contributed by atoms with Crippen LogP contribution in [0.4, 0.5) is 5.82 Å².